The van der Waals surface area contributed by atoms with Gasteiger partial charge in [-0.1, -0.05) is 43.3 Å². The zero-order chi connectivity index (χ0) is 22.1. The highest BCUT2D eigenvalue weighted by atomic mass is 16.5. The van der Waals surface area contributed by atoms with E-state index in [-0.39, 0.29) is 5.56 Å². The second kappa shape index (κ2) is 8.67. The van der Waals surface area contributed by atoms with Crippen LogP contribution in [-0.4, -0.2) is 27.1 Å². The fraction of sp³-hybridized carbons (Fsp3) is 0.296. The number of nitrogens with zero attached hydrogens (tertiary/aromatic N) is 3. The van der Waals surface area contributed by atoms with Crippen LogP contribution in [0.5, 0.6) is 5.75 Å². The number of aromatic nitrogens is 2. The summed E-state index contributed by atoms with van der Waals surface area (Å²) in [4.78, 5) is 15.4. The Balaban J connectivity index is 1.42. The number of pyridine rings is 1. The maximum atomic E-state index is 12.9. The number of benzene rings is 2. The van der Waals surface area contributed by atoms with Crippen molar-refractivity contribution in [1.82, 2.24) is 14.0 Å². The van der Waals surface area contributed by atoms with Crippen molar-refractivity contribution in [2.75, 3.05) is 13.1 Å². The van der Waals surface area contributed by atoms with Gasteiger partial charge in [-0.05, 0) is 42.3 Å². The largest absolute Gasteiger partial charge is 0.489 e. The number of rotatable bonds is 6. The lowest BCUT2D eigenvalue weighted by Crippen LogP contribution is -2.31. The molecule has 3 heterocycles. The van der Waals surface area contributed by atoms with Crippen LogP contribution < -0.4 is 10.3 Å². The minimum absolute atomic E-state index is 0.0944. The second-order valence-electron chi connectivity index (χ2n) is 8.56. The molecule has 5 nitrogen and oxygen atoms in total. The maximum Gasteiger partial charge on any atom is 0.258 e. The highest BCUT2D eigenvalue weighted by molar-refractivity contribution is 5.87. The first kappa shape index (κ1) is 20.6. The normalized spacial score (nSPS) is 13.9. The van der Waals surface area contributed by atoms with Gasteiger partial charge in [0, 0.05) is 49.9 Å². The quantitative estimate of drug-likeness (QED) is 0.449. The summed E-state index contributed by atoms with van der Waals surface area (Å²) >= 11 is 0. The van der Waals surface area contributed by atoms with Crippen molar-refractivity contribution in [3.8, 4) is 11.4 Å². The number of aryl methyl sites for hydroxylation is 1. The van der Waals surface area contributed by atoms with Crippen molar-refractivity contribution in [2.45, 2.75) is 32.9 Å². The van der Waals surface area contributed by atoms with E-state index in [9.17, 15) is 4.79 Å². The van der Waals surface area contributed by atoms with Crippen LogP contribution in [0.1, 0.15) is 30.2 Å². The monoisotopic (exact) mass is 427 g/mol. The average Bonchev–Trinajstić information content (AvgIpc) is 3.10. The molecule has 0 bridgehead atoms. The van der Waals surface area contributed by atoms with E-state index in [0.29, 0.717) is 12.4 Å². The summed E-state index contributed by atoms with van der Waals surface area (Å²) in [6, 6.07) is 19.7. The van der Waals surface area contributed by atoms with Crippen LogP contribution in [0.4, 0.5) is 0 Å². The Labute approximate surface area is 188 Å². The van der Waals surface area contributed by atoms with Crippen LogP contribution in [-0.2, 0) is 26.6 Å². The fourth-order valence-electron chi connectivity index (χ4n) is 4.78. The Hall–Kier alpha value is -3.31. The lowest BCUT2D eigenvalue weighted by molar-refractivity contribution is 0.253. The van der Waals surface area contributed by atoms with E-state index >= 15 is 0 Å². The lowest BCUT2D eigenvalue weighted by atomic mass is 10.0. The van der Waals surface area contributed by atoms with Crippen molar-refractivity contribution >= 4 is 10.9 Å². The molecule has 32 heavy (non-hydrogen) atoms. The van der Waals surface area contributed by atoms with Gasteiger partial charge in [0.1, 0.15) is 12.4 Å². The van der Waals surface area contributed by atoms with Crippen LogP contribution >= 0.6 is 0 Å². The SMILES string of the molecule is CCCN1CCc2c(c3ccc(-n4ccc(OCc5ccccc5)cc4=O)cc3n2C)C1. The summed E-state index contributed by atoms with van der Waals surface area (Å²) in [5, 5.41) is 1.29. The highest BCUT2D eigenvalue weighted by Gasteiger charge is 2.22. The molecule has 0 radical (unpaired) electrons. The number of hydrogen-bond donors (Lipinski definition) is 0. The molecule has 0 fully saturated rings. The maximum absolute atomic E-state index is 12.9. The van der Waals surface area contributed by atoms with Gasteiger partial charge in [0.25, 0.3) is 5.56 Å². The van der Waals surface area contributed by atoms with Gasteiger partial charge in [0.15, 0.2) is 0 Å². The molecule has 164 valence electrons. The van der Waals surface area contributed by atoms with E-state index < -0.39 is 0 Å². The van der Waals surface area contributed by atoms with Gasteiger partial charge in [-0.2, -0.15) is 0 Å². The zero-order valence-electron chi connectivity index (χ0n) is 18.8. The van der Waals surface area contributed by atoms with Crippen LogP contribution in [0.2, 0.25) is 0 Å². The van der Waals surface area contributed by atoms with Gasteiger partial charge in [-0.25, -0.2) is 0 Å². The average molecular weight is 428 g/mol. The standard InChI is InChI=1S/C27H29N3O2/c1-3-13-29-14-12-25-24(18-29)23-10-9-21(16-26(23)28(25)2)30-15-11-22(17-27(30)31)32-19-20-7-5-4-6-8-20/h4-11,15-17H,3,12-14,18-19H2,1-2H3. The Morgan fingerprint density at radius 1 is 1.03 bits per heavy atom. The molecule has 0 saturated heterocycles. The number of fused-ring (bicyclic) bond motifs is 3. The van der Waals surface area contributed by atoms with Crippen LogP contribution in [0.15, 0.2) is 71.7 Å². The summed E-state index contributed by atoms with van der Waals surface area (Å²) in [5.41, 5.74) is 5.89. The third-order valence-electron chi connectivity index (χ3n) is 6.42. The highest BCUT2D eigenvalue weighted by Crippen LogP contribution is 2.31. The summed E-state index contributed by atoms with van der Waals surface area (Å²) < 4.78 is 9.81. The van der Waals surface area contributed by atoms with E-state index in [4.69, 9.17) is 4.74 Å². The van der Waals surface area contributed by atoms with Gasteiger partial charge in [-0.15, -0.1) is 0 Å². The Kier molecular flexibility index (Phi) is 5.58. The summed E-state index contributed by atoms with van der Waals surface area (Å²) in [6.07, 6.45) is 4.05. The molecule has 0 spiro atoms. The van der Waals surface area contributed by atoms with Crippen LogP contribution in [0, 0.1) is 0 Å². The van der Waals surface area contributed by atoms with Crippen molar-refractivity contribution in [3.05, 3.63) is 94.0 Å². The third kappa shape index (κ3) is 3.84. The molecule has 2 aromatic carbocycles. The first-order valence-corrected chi connectivity index (χ1v) is 11.4. The van der Waals surface area contributed by atoms with Gasteiger partial charge in [0.05, 0.1) is 11.2 Å². The fourth-order valence-corrected chi connectivity index (χ4v) is 4.78. The predicted octanol–water partition coefficient (Wildman–Crippen LogP) is 4.68. The molecule has 0 unspecified atom stereocenters. The van der Waals surface area contributed by atoms with Crippen molar-refractivity contribution in [2.24, 2.45) is 7.05 Å². The van der Waals surface area contributed by atoms with E-state index in [2.05, 4.69) is 35.6 Å². The Morgan fingerprint density at radius 2 is 1.88 bits per heavy atom. The topological polar surface area (TPSA) is 39.4 Å². The molecule has 0 N–H and O–H groups in total. The Bertz CT molecular complexity index is 1300. The molecule has 4 aromatic rings. The van der Waals surface area contributed by atoms with Crippen LogP contribution in [0.3, 0.4) is 0 Å². The van der Waals surface area contributed by atoms with Gasteiger partial charge >= 0.3 is 0 Å². The van der Waals surface area contributed by atoms with Crippen molar-refractivity contribution < 1.29 is 4.74 Å². The van der Waals surface area contributed by atoms with Gasteiger partial charge < -0.3 is 9.30 Å². The second-order valence-corrected chi connectivity index (χ2v) is 8.56. The number of hydrogen-bond acceptors (Lipinski definition) is 3. The minimum Gasteiger partial charge on any atom is -0.489 e. The molecular formula is C27H29N3O2. The van der Waals surface area contributed by atoms with Crippen molar-refractivity contribution in [3.63, 3.8) is 0 Å². The Morgan fingerprint density at radius 3 is 2.66 bits per heavy atom. The molecule has 0 saturated carbocycles. The molecule has 0 atom stereocenters. The van der Waals surface area contributed by atoms with E-state index in [1.54, 1.807) is 16.8 Å². The molecular weight excluding hydrogens is 398 g/mol. The molecule has 2 aromatic heterocycles. The minimum atomic E-state index is -0.0944. The van der Waals surface area contributed by atoms with E-state index in [0.717, 1.165) is 37.3 Å². The van der Waals surface area contributed by atoms with E-state index in [1.807, 2.05) is 42.5 Å². The molecule has 5 rings (SSSR count). The summed E-state index contributed by atoms with van der Waals surface area (Å²) in [7, 11) is 2.14. The van der Waals surface area contributed by atoms with Gasteiger partial charge in [0.2, 0.25) is 0 Å². The molecule has 1 aliphatic rings. The molecule has 0 aliphatic carbocycles. The van der Waals surface area contributed by atoms with Crippen LogP contribution in [0.25, 0.3) is 16.6 Å². The summed E-state index contributed by atoms with van der Waals surface area (Å²) in [5.74, 6) is 0.585. The van der Waals surface area contributed by atoms with Crippen molar-refractivity contribution in [1.29, 1.82) is 0 Å². The zero-order valence-corrected chi connectivity index (χ0v) is 18.8. The lowest BCUT2D eigenvalue weighted by Gasteiger charge is -2.27. The summed E-state index contributed by atoms with van der Waals surface area (Å²) in [6.45, 7) is 5.94. The molecule has 5 heteroatoms. The predicted molar refractivity (Wildman–Crippen MR) is 129 cm³/mol. The van der Waals surface area contributed by atoms with E-state index in [1.165, 1.54) is 28.6 Å². The first-order valence-electron chi connectivity index (χ1n) is 11.4. The smallest absolute Gasteiger partial charge is 0.258 e. The molecule has 0 amide bonds. The third-order valence-corrected chi connectivity index (χ3v) is 6.42. The number of ether oxygens (including phenoxy) is 1. The first-order chi connectivity index (χ1) is 15.6. The molecule has 1 aliphatic heterocycles. The van der Waals surface area contributed by atoms with Gasteiger partial charge in [-0.3, -0.25) is 14.3 Å².